The highest BCUT2D eigenvalue weighted by Gasteiger charge is 2.24. The fourth-order valence-electron chi connectivity index (χ4n) is 3.29. The molecule has 0 aliphatic carbocycles. The molecule has 2 aromatic rings. The molecule has 142 valence electrons. The van der Waals surface area contributed by atoms with Gasteiger partial charge in [0.15, 0.2) is 5.78 Å². The standard InChI is InChI=1S/C22H25NO4/c24-20-11-5-4-9-18(20)15-23(16-19-10-6-14-27-19)22(26)13-12-21(25)17-7-2-1-3-8-17/h1-5,7-9,11,19,24H,6,10,12-16H2. The molecule has 1 fully saturated rings. The summed E-state index contributed by atoms with van der Waals surface area (Å²) < 4.78 is 5.67. The summed E-state index contributed by atoms with van der Waals surface area (Å²) in [5, 5.41) is 10.0. The fourth-order valence-corrected chi connectivity index (χ4v) is 3.29. The van der Waals surface area contributed by atoms with Gasteiger partial charge in [-0.1, -0.05) is 48.5 Å². The average Bonchev–Trinajstić information content (AvgIpc) is 3.21. The normalized spacial score (nSPS) is 16.2. The number of carbonyl (C=O) groups excluding carboxylic acids is 2. The summed E-state index contributed by atoms with van der Waals surface area (Å²) in [6.45, 7) is 1.51. The van der Waals surface area contributed by atoms with Gasteiger partial charge in [0.25, 0.3) is 0 Å². The van der Waals surface area contributed by atoms with Gasteiger partial charge in [0.1, 0.15) is 5.75 Å². The summed E-state index contributed by atoms with van der Waals surface area (Å²) in [4.78, 5) is 26.8. The highest BCUT2D eigenvalue weighted by molar-refractivity contribution is 5.97. The van der Waals surface area contributed by atoms with Gasteiger partial charge >= 0.3 is 0 Å². The summed E-state index contributed by atoms with van der Waals surface area (Å²) in [6.07, 6.45) is 2.26. The predicted molar refractivity (Wildman–Crippen MR) is 103 cm³/mol. The third-order valence-corrected chi connectivity index (χ3v) is 4.82. The Labute approximate surface area is 159 Å². The Balaban J connectivity index is 1.64. The maximum atomic E-state index is 12.8. The number of benzene rings is 2. The van der Waals surface area contributed by atoms with E-state index in [9.17, 15) is 14.7 Å². The molecule has 0 spiro atoms. The summed E-state index contributed by atoms with van der Waals surface area (Å²) in [6, 6.07) is 16.0. The number of para-hydroxylation sites is 1. The zero-order valence-electron chi connectivity index (χ0n) is 15.3. The van der Waals surface area contributed by atoms with E-state index in [0.29, 0.717) is 24.2 Å². The molecular formula is C22H25NO4. The number of aromatic hydroxyl groups is 1. The molecule has 1 unspecified atom stereocenters. The lowest BCUT2D eigenvalue weighted by molar-refractivity contribution is -0.133. The van der Waals surface area contributed by atoms with E-state index in [4.69, 9.17) is 4.74 Å². The first-order valence-corrected chi connectivity index (χ1v) is 9.38. The Morgan fingerprint density at radius 3 is 2.48 bits per heavy atom. The number of ether oxygens (including phenoxy) is 1. The van der Waals surface area contributed by atoms with Crippen LogP contribution in [0, 0.1) is 0 Å². The van der Waals surface area contributed by atoms with E-state index >= 15 is 0 Å². The van der Waals surface area contributed by atoms with E-state index < -0.39 is 0 Å². The molecule has 5 heteroatoms. The van der Waals surface area contributed by atoms with Gasteiger partial charge in [0.05, 0.1) is 6.10 Å². The van der Waals surface area contributed by atoms with Crippen molar-refractivity contribution in [2.24, 2.45) is 0 Å². The number of ketones is 1. The molecule has 0 aromatic heterocycles. The molecule has 1 saturated heterocycles. The van der Waals surface area contributed by atoms with Crippen molar-refractivity contribution < 1.29 is 19.4 Å². The Hall–Kier alpha value is -2.66. The van der Waals surface area contributed by atoms with Crippen LogP contribution >= 0.6 is 0 Å². The van der Waals surface area contributed by atoms with E-state index in [1.807, 2.05) is 24.3 Å². The molecule has 0 radical (unpaired) electrons. The smallest absolute Gasteiger partial charge is 0.223 e. The molecule has 1 aliphatic heterocycles. The minimum atomic E-state index is -0.0990. The summed E-state index contributed by atoms with van der Waals surface area (Å²) in [7, 11) is 0. The van der Waals surface area contributed by atoms with E-state index in [0.717, 1.165) is 19.4 Å². The van der Waals surface area contributed by atoms with Gasteiger partial charge in [-0.25, -0.2) is 0 Å². The van der Waals surface area contributed by atoms with Crippen molar-refractivity contribution in [3.63, 3.8) is 0 Å². The zero-order chi connectivity index (χ0) is 19.1. The Kier molecular flexibility index (Phi) is 6.60. The maximum Gasteiger partial charge on any atom is 0.223 e. The van der Waals surface area contributed by atoms with Gasteiger partial charge in [-0.2, -0.15) is 0 Å². The number of rotatable bonds is 8. The molecular weight excluding hydrogens is 342 g/mol. The van der Waals surface area contributed by atoms with Gasteiger partial charge in [-0.05, 0) is 18.9 Å². The molecule has 27 heavy (non-hydrogen) atoms. The minimum absolute atomic E-state index is 0.0182. The second kappa shape index (κ2) is 9.33. The zero-order valence-corrected chi connectivity index (χ0v) is 15.3. The SMILES string of the molecule is O=C(CCC(=O)N(Cc1ccccc1O)CC1CCCO1)c1ccccc1. The molecule has 0 bridgehead atoms. The molecule has 0 saturated carbocycles. The minimum Gasteiger partial charge on any atom is -0.508 e. The van der Waals surface area contributed by atoms with Crippen LogP contribution in [0.2, 0.25) is 0 Å². The molecule has 5 nitrogen and oxygen atoms in total. The maximum absolute atomic E-state index is 12.8. The van der Waals surface area contributed by atoms with Crippen LogP contribution in [0.15, 0.2) is 54.6 Å². The molecule has 3 rings (SSSR count). The molecule has 2 aromatic carbocycles. The van der Waals surface area contributed by atoms with Gasteiger partial charge in [-0.15, -0.1) is 0 Å². The number of nitrogens with zero attached hydrogens (tertiary/aromatic N) is 1. The van der Waals surface area contributed by atoms with E-state index in [2.05, 4.69) is 0 Å². The van der Waals surface area contributed by atoms with Crippen LogP contribution < -0.4 is 0 Å². The number of phenols is 1. The molecule has 1 amide bonds. The summed E-state index contributed by atoms with van der Waals surface area (Å²) in [5.74, 6) is 0.0320. The predicted octanol–water partition coefficient (Wildman–Crippen LogP) is 3.56. The highest BCUT2D eigenvalue weighted by atomic mass is 16.5. The fraction of sp³-hybridized carbons (Fsp3) is 0.364. The second-order valence-corrected chi connectivity index (χ2v) is 6.83. The van der Waals surface area contributed by atoms with Crippen LogP contribution in [0.4, 0.5) is 0 Å². The first-order chi connectivity index (χ1) is 13.1. The van der Waals surface area contributed by atoms with E-state index in [-0.39, 0.29) is 36.4 Å². The lowest BCUT2D eigenvalue weighted by Gasteiger charge is -2.26. The van der Waals surface area contributed by atoms with Crippen LogP contribution in [0.25, 0.3) is 0 Å². The number of carbonyl (C=O) groups is 2. The van der Waals surface area contributed by atoms with Crippen molar-refractivity contribution in [1.82, 2.24) is 4.90 Å². The molecule has 1 N–H and O–H groups in total. The number of phenolic OH excluding ortho intramolecular Hbond substituents is 1. The lowest BCUT2D eigenvalue weighted by atomic mass is 10.1. The third-order valence-electron chi connectivity index (χ3n) is 4.82. The van der Waals surface area contributed by atoms with Crippen LogP contribution in [0.1, 0.15) is 41.6 Å². The molecule has 1 atom stereocenters. The first kappa shape index (κ1) is 19.1. The molecule has 1 aliphatic rings. The summed E-state index contributed by atoms with van der Waals surface area (Å²) in [5.41, 5.74) is 1.31. The Morgan fingerprint density at radius 1 is 1.04 bits per heavy atom. The van der Waals surface area contributed by atoms with Crippen LogP contribution in [-0.2, 0) is 16.1 Å². The third kappa shape index (κ3) is 5.41. The van der Waals surface area contributed by atoms with Crippen molar-refractivity contribution in [3.05, 3.63) is 65.7 Å². The lowest BCUT2D eigenvalue weighted by Crippen LogP contribution is -2.37. The van der Waals surface area contributed by atoms with Gasteiger partial charge in [0, 0.05) is 43.7 Å². The van der Waals surface area contributed by atoms with Crippen LogP contribution in [-0.4, -0.2) is 41.0 Å². The van der Waals surface area contributed by atoms with Crippen LogP contribution in [0.5, 0.6) is 5.75 Å². The number of amides is 1. The topological polar surface area (TPSA) is 66.8 Å². The first-order valence-electron chi connectivity index (χ1n) is 9.38. The van der Waals surface area contributed by atoms with Crippen molar-refractivity contribution in [3.8, 4) is 5.75 Å². The van der Waals surface area contributed by atoms with Crippen molar-refractivity contribution >= 4 is 11.7 Å². The number of hydrogen-bond donors (Lipinski definition) is 1. The van der Waals surface area contributed by atoms with Crippen molar-refractivity contribution in [2.75, 3.05) is 13.2 Å². The highest BCUT2D eigenvalue weighted by Crippen LogP contribution is 2.21. The quantitative estimate of drug-likeness (QED) is 0.725. The van der Waals surface area contributed by atoms with Gasteiger partial charge in [-0.3, -0.25) is 9.59 Å². The average molecular weight is 367 g/mol. The van der Waals surface area contributed by atoms with E-state index in [1.54, 1.807) is 35.2 Å². The largest absolute Gasteiger partial charge is 0.508 e. The van der Waals surface area contributed by atoms with Gasteiger partial charge < -0.3 is 14.7 Å². The number of Topliss-reactive ketones (excluding diaryl/α,β-unsaturated/α-hetero) is 1. The van der Waals surface area contributed by atoms with Crippen molar-refractivity contribution in [1.29, 1.82) is 0 Å². The molecule has 1 heterocycles. The Morgan fingerprint density at radius 2 is 1.78 bits per heavy atom. The van der Waals surface area contributed by atoms with Crippen LogP contribution in [0.3, 0.4) is 0 Å². The summed E-state index contributed by atoms with van der Waals surface area (Å²) >= 11 is 0. The van der Waals surface area contributed by atoms with Crippen molar-refractivity contribution in [2.45, 2.75) is 38.3 Å². The number of hydrogen-bond acceptors (Lipinski definition) is 4. The monoisotopic (exact) mass is 367 g/mol. The van der Waals surface area contributed by atoms with E-state index in [1.165, 1.54) is 0 Å². The second-order valence-electron chi connectivity index (χ2n) is 6.83. The Bertz CT molecular complexity index is 769. The van der Waals surface area contributed by atoms with Gasteiger partial charge in [0.2, 0.25) is 5.91 Å².